The third kappa shape index (κ3) is 3.22. The Kier molecular flexibility index (Phi) is 4.08. The fraction of sp³-hybridized carbons (Fsp3) is 0. The van der Waals surface area contributed by atoms with E-state index in [1.807, 2.05) is 48.5 Å². The Labute approximate surface area is 141 Å². The van der Waals surface area contributed by atoms with Crippen molar-refractivity contribution in [2.45, 2.75) is 0 Å². The third-order valence-corrected chi connectivity index (χ3v) is 3.83. The summed E-state index contributed by atoms with van der Waals surface area (Å²) in [6, 6.07) is 16.8. The fourth-order valence-electron chi connectivity index (χ4n) is 2.34. The zero-order valence-corrected chi connectivity index (χ0v) is 13.6. The number of hydrogen-bond donors (Lipinski definition) is 3. The van der Waals surface area contributed by atoms with E-state index in [9.17, 15) is 4.79 Å². The predicted molar refractivity (Wildman–Crippen MR) is 94.3 cm³/mol. The fourth-order valence-corrected chi connectivity index (χ4v) is 2.68. The molecule has 0 aliphatic heterocycles. The topological polar surface area (TPSA) is 91.9 Å². The number of nitrogens with one attached hydrogen (secondary N) is 2. The van der Waals surface area contributed by atoms with Crippen molar-refractivity contribution in [1.29, 1.82) is 5.41 Å². The quantitative estimate of drug-likeness (QED) is 0.478. The second kappa shape index (κ2) is 6.18. The molecule has 6 heteroatoms. The number of hydrogen-bond acceptors (Lipinski definition) is 3. The van der Waals surface area contributed by atoms with Gasteiger partial charge in [-0.2, -0.15) is 0 Å². The molecule has 0 fully saturated rings. The van der Waals surface area contributed by atoms with E-state index in [1.165, 1.54) is 0 Å². The lowest BCUT2D eigenvalue weighted by Crippen LogP contribution is -2.35. The van der Waals surface area contributed by atoms with Crippen molar-refractivity contribution in [3.05, 3.63) is 64.6 Å². The number of nitrogens with zero attached hydrogens (tertiary/aromatic N) is 1. The zero-order chi connectivity index (χ0) is 16.4. The van der Waals surface area contributed by atoms with Crippen LogP contribution in [0.5, 0.6) is 0 Å². The van der Waals surface area contributed by atoms with E-state index in [-0.39, 0.29) is 0 Å². The van der Waals surface area contributed by atoms with Gasteiger partial charge in [0.2, 0.25) is 0 Å². The van der Waals surface area contributed by atoms with Crippen molar-refractivity contribution < 1.29 is 4.79 Å². The smallest absolute Gasteiger partial charge is 0.258 e. The van der Waals surface area contributed by atoms with E-state index in [2.05, 4.69) is 26.2 Å². The van der Waals surface area contributed by atoms with Crippen molar-refractivity contribution in [3.63, 3.8) is 0 Å². The lowest BCUT2D eigenvalue weighted by molar-refractivity contribution is 0.0978. The van der Waals surface area contributed by atoms with E-state index >= 15 is 0 Å². The van der Waals surface area contributed by atoms with Gasteiger partial charge in [0.15, 0.2) is 5.96 Å². The zero-order valence-electron chi connectivity index (χ0n) is 12.0. The number of pyridine rings is 1. The summed E-state index contributed by atoms with van der Waals surface area (Å²) in [6.07, 6.45) is 0. The van der Waals surface area contributed by atoms with E-state index in [1.54, 1.807) is 6.07 Å². The molecule has 0 saturated heterocycles. The Bertz CT molecular complexity index is 909. The number of carbonyl (C=O) groups is 1. The average Bonchev–Trinajstić information content (AvgIpc) is 2.53. The maximum absolute atomic E-state index is 12.4. The first-order valence-electron chi connectivity index (χ1n) is 6.86. The molecule has 1 heterocycles. The molecule has 4 N–H and O–H groups in total. The van der Waals surface area contributed by atoms with Crippen LogP contribution in [0.2, 0.25) is 0 Å². The van der Waals surface area contributed by atoms with E-state index in [4.69, 9.17) is 11.1 Å². The van der Waals surface area contributed by atoms with Gasteiger partial charge in [-0.15, -0.1) is 0 Å². The van der Waals surface area contributed by atoms with Crippen LogP contribution in [0, 0.1) is 5.41 Å². The number of halogens is 1. The first-order valence-corrected chi connectivity index (χ1v) is 7.65. The van der Waals surface area contributed by atoms with Gasteiger partial charge in [-0.1, -0.05) is 52.3 Å². The van der Waals surface area contributed by atoms with Crippen LogP contribution in [0.3, 0.4) is 0 Å². The van der Waals surface area contributed by atoms with E-state index in [0.717, 1.165) is 10.0 Å². The van der Waals surface area contributed by atoms with Crippen LogP contribution in [0.4, 0.5) is 0 Å². The molecule has 3 rings (SSSR count). The Hall–Kier alpha value is -2.73. The molecule has 1 aromatic heterocycles. The minimum absolute atomic E-state index is 0.390. The van der Waals surface area contributed by atoms with Crippen molar-refractivity contribution in [2.24, 2.45) is 5.73 Å². The van der Waals surface area contributed by atoms with Crippen LogP contribution in [0.25, 0.3) is 22.2 Å². The van der Waals surface area contributed by atoms with Crippen LogP contribution in [0.15, 0.2) is 59.1 Å². The molecule has 0 aliphatic carbocycles. The molecular formula is C17H13BrN4O. The molecule has 0 unspecified atom stereocenters. The molecule has 2 aromatic carbocycles. The van der Waals surface area contributed by atoms with Crippen LogP contribution in [-0.2, 0) is 0 Å². The summed E-state index contributed by atoms with van der Waals surface area (Å²) in [6.45, 7) is 0. The SMILES string of the molecule is N=C(N)NC(=O)c1cc(-c2ccccc2)nc2cc(Br)ccc12. The molecule has 23 heavy (non-hydrogen) atoms. The van der Waals surface area contributed by atoms with Gasteiger partial charge in [-0.05, 0) is 18.2 Å². The van der Waals surface area contributed by atoms with Gasteiger partial charge >= 0.3 is 0 Å². The lowest BCUT2D eigenvalue weighted by Gasteiger charge is -2.10. The van der Waals surface area contributed by atoms with Gasteiger partial charge in [0.1, 0.15) is 0 Å². The summed E-state index contributed by atoms with van der Waals surface area (Å²) >= 11 is 3.42. The maximum Gasteiger partial charge on any atom is 0.258 e. The van der Waals surface area contributed by atoms with Crippen LogP contribution < -0.4 is 11.1 Å². The average molecular weight is 369 g/mol. The third-order valence-electron chi connectivity index (χ3n) is 3.33. The number of benzene rings is 2. The first kappa shape index (κ1) is 15.2. The minimum atomic E-state index is -0.426. The highest BCUT2D eigenvalue weighted by Crippen LogP contribution is 2.27. The van der Waals surface area contributed by atoms with Crippen molar-refractivity contribution in [2.75, 3.05) is 0 Å². The van der Waals surface area contributed by atoms with Gasteiger partial charge in [0, 0.05) is 15.4 Å². The number of amides is 1. The highest BCUT2D eigenvalue weighted by atomic mass is 79.9. The minimum Gasteiger partial charge on any atom is -0.370 e. The van der Waals surface area contributed by atoms with Crippen LogP contribution >= 0.6 is 15.9 Å². The second-order valence-corrected chi connectivity index (χ2v) is 5.87. The highest BCUT2D eigenvalue weighted by Gasteiger charge is 2.14. The highest BCUT2D eigenvalue weighted by molar-refractivity contribution is 9.10. The van der Waals surface area contributed by atoms with Crippen LogP contribution in [0.1, 0.15) is 10.4 Å². The van der Waals surface area contributed by atoms with Gasteiger partial charge < -0.3 is 5.73 Å². The second-order valence-electron chi connectivity index (χ2n) is 4.95. The number of guanidine groups is 1. The molecule has 5 nitrogen and oxygen atoms in total. The molecular weight excluding hydrogens is 356 g/mol. The van der Waals surface area contributed by atoms with Crippen LogP contribution in [-0.4, -0.2) is 16.9 Å². The number of aromatic nitrogens is 1. The normalized spacial score (nSPS) is 10.5. The molecule has 114 valence electrons. The summed E-state index contributed by atoms with van der Waals surface area (Å²) in [5.41, 5.74) is 7.99. The molecule has 0 aliphatic rings. The summed E-state index contributed by atoms with van der Waals surface area (Å²) in [5, 5.41) is 10.3. The van der Waals surface area contributed by atoms with Crippen molar-refractivity contribution in [3.8, 4) is 11.3 Å². The van der Waals surface area contributed by atoms with Gasteiger partial charge in [-0.25, -0.2) is 4.98 Å². The Morgan fingerprint density at radius 2 is 1.87 bits per heavy atom. The monoisotopic (exact) mass is 368 g/mol. The van der Waals surface area contributed by atoms with Gasteiger partial charge in [0.05, 0.1) is 16.8 Å². The predicted octanol–water partition coefficient (Wildman–Crippen LogP) is 3.29. The molecule has 0 radical (unpaired) electrons. The standard InChI is InChI=1S/C17H13BrN4O/c18-11-6-7-12-13(16(23)22-17(19)20)9-14(21-15(12)8-11)10-4-2-1-3-5-10/h1-9H,(H4,19,20,22,23). The molecule has 3 aromatic rings. The van der Waals surface area contributed by atoms with E-state index in [0.29, 0.717) is 22.2 Å². The number of rotatable bonds is 2. The molecule has 1 amide bonds. The molecule has 0 spiro atoms. The maximum atomic E-state index is 12.4. The van der Waals surface area contributed by atoms with Gasteiger partial charge in [-0.3, -0.25) is 15.5 Å². The summed E-state index contributed by atoms with van der Waals surface area (Å²) in [5.74, 6) is -0.817. The molecule has 0 atom stereocenters. The van der Waals surface area contributed by atoms with Crippen molar-refractivity contribution in [1.82, 2.24) is 10.3 Å². The number of carbonyl (C=O) groups excluding carboxylic acids is 1. The summed E-state index contributed by atoms with van der Waals surface area (Å²) in [7, 11) is 0. The number of nitrogens with two attached hydrogens (primary N) is 1. The molecule has 0 bridgehead atoms. The summed E-state index contributed by atoms with van der Waals surface area (Å²) < 4.78 is 0.876. The number of fused-ring (bicyclic) bond motifs is 1. The Morgan fingerprint density at radius 3 is 2.57 bits per heavy atom. The largest absolute Gasteiger partial charge is 0.370 e. The first-order chi connectivity index (χ1) is 11.0. The lowest BCUT2D eigenvalue weighted by atomic mass is 10.0. The van der Waals surface area contributed by atoms with E-state index < -0.39 is 11.9 Å². The summed E-state index contributed by atoms with van der Waals surface area (Å²) in [4.78, 5) is 17.0. The Balaban J connectivity index is 2.24. The Morgan fingerprint density at radius 1 is 1.13 bits per heavy atom. The molecule has 0 saturated carbocycles. The van der Waals surface area contributed by atoms with Gasteiger partial charge in [0.25, 0.3) is 5.91 Å². The van der Waals surface area contributed by atoms with Crippen molar-refractivity contribution >= 4 is 38.7 Å².